The monoisotopic (exact) mass is 436 g/mol. The summed E-state index contributed by atoms with van der Waals surface area (Å²) in [5.41, 5.74) is 7.29. The molecule has 0 atom stereocenters. The van der Waals surface area contributed by atoms with Gasteiger partial charge in [0.05, 0.1) is 22.4 Å². The second-order valence-corrected chi connectivity index (χ2v) is 7.48. The summed E-state index contributed by atoms with van der Waals surface area (Å²) < 4.78 is 0. The van der Waals surface area contributed by atoms with Crippen molar-refractivity contribution in [1.82, 2.24) is 10.2 Å². The van der Waals surface area contributed by atoms with Crippen molar-refractivity contribution < 1.29 is 24.0 Å². The molecule has 0 bridgehead atoms. The van der Waals surface area contributed by atoms with Crippen LogP contribution in [-0.2, 0) is 9.59 Å². The van der Waals surface area contributed by atoms with E-state index < -0.39 is 11.8 Å². The Hall–Kier alpha value is -4.01. The number of para-hydroxylation sites is 1. The maximum atomic E-state index is 12.5. The molecule has 0 aliphatic carbocycles. The Bertz CT molecular complexity index is 1100. The van der Waals surface area contributed by atoms with Crippen LogP contribution in [0.2, 0.25) is 0 Å². The van der Waals surface area contributed by atoms with Crippen molar-refractivity contribution in [2.24, 2.45) is 5.73 Å². The van der Waals surface area contributed by atoms with Crippen molar-refractivity contribution >= 4 is 35.2 Å². The van der Waals surface area contributed by atoms with Crippen LogP contribution in [0.4, 0.5) is 5.69 Å². The van der Waals surface area contributed by atoms with E-state index in [-0.39, 0.29) is 55.6 Å². The topological polar surface area (TPSA) is 139 Å². The number of imide groups is 1. The number of anilines is 1. The number of primary amides is 1. The number of nitrogens with one attached hydrogen (secondary N) is 2. The van der Waals surface area contributed by atoms with Crippen LogP contribution in [0.3, 0.4) is 0 Å². The van der Waals surface area contributed by atoms with E-state index >= 15 is 0 Å². The van der Waals surface area contributed by atoms with Crippen LogP contribution in [0.25, 0.3) is 0 Å². The molecular weight excluding hydrogens is 412 g/mol. The fourth-order valence-electron chi connectivity index (χ4n) is 3.40. The Morgan fingerprint density at radius 1 is 0.969 bits per heavy atom. The number of nitrogens with zero attached hydrogens (tertiary/aromatic N) is 1. The molecule has 0 aromatic heterocycles. The SMILES string of the molecule is Cc1ccc2c(c1)C(=O)N(CCCC(=O)Nc1ccccc1C(=O)NCCC(N)=O)C2=O. The Morgan fingerprint density at radius 2 is 1.69 bits per heavy atom. The lowest BCUT2D eigenvalue weighted by molar-refractivity contribution is -0.118. The minimum Gasteiger partial charge on any atom is -0.370 e. The molecule has 9 nitrogen and oxygen atoms in total. The van der Waals surface area contributed by atoms with Crippen molar-refractivity contribution in [3.63, 3.8) is 0 Å². The third-order valence-corrected chi connectivity index (χ3v) is 5.01. The van der Waals surface area contributed by atoms with Crippen LogP contribution in [0.15, 0.2) is 42.5 Å². The molecule has 0 spiro atoms. The van der Waals surface area contributed by atoms with Crippen LogP contribution in [0, 0.1) is 6.92 Å². The van der Waals surface area contributed by atoms with Crippen molar-refractivity contribution in [3.8, 4) is 0 Å². The van der Waals surface area contributed by atoms with Crippen LogP contribution in [0.1, 0.15) is 55.9 Å². The van der Waals surface area contributed by atoms with Crippen LogP contribution in [0.5, 0.6) is 0 Å². The molecular formula is C23H24N4O5. The quantitative estimate of drug-likeness (QED) is 0.513. The zero-order valence-corrected chi connectivity index (χ0v) is 17.6. The summed E-state index contributed by atoms with van der Waals surface area (Å²) in [6.45, 7) is 2.06. The van der Waals surface area contributed by atoms with E-state index in [0.717, 1.165) is 10.5 Å². The number of rotatable bonds is 9. The van der Waals surface area contributed by atoms with Crippen molar-refractivity contribution in [3.05, 3.63) is 64.7 Å². The summed E-state index contributed by atoms with van der Waals surface area (Å²) in [7, 11) is 0. The Kier molecular flexibility index (Phi) is 6.99. The van der Waals surface area contributed by atoms with Crippen LogP contribution >= 0.6 is 0 Å². The molecule has 1 aliphatic heterocycles. The van der Waals surface area contributed by atoms with Gasteiger partial charge >= 0.3 is 0 Å². The summed E-state index contributed by atoms with van der Waals surface area (Å²) >= 11 is 0. The highest BCUT2D eigenvalue weighted by molar-refractivity contribution is 6.21. The van der Waals surface area contributed by atoms with E-state index in [1.165, 1.54) is 0 Å². The maximum absolute atomic E-state index is 12.5. The van der Waals surface area contributed by atoms with Gasteiger partial charge in [0.1, 0.15) is 0 Å². The van der Waals surface area contributed by atoms with Gasteiger partial charge in [-0.3, -0.25) is 28.9 Å². The molecule has 4 N–H and O–H groups in total. The molecule has 9 heteroatoms. The predicted molar refractivity (Wildman–Crippen MR) is 117 cm³/mol. The standard InChI is InChI=1S/C23H24N4O5/c1-14-8-9-15-17(13-14)23(32)27(22(15)31)12-4-7-20(29)26-18-6-3-2-5-16(18)21(30)25-11-10-19(24)28/h2-3,5-6,8-9,13H,4,7,10-12H2,1H3,(H2,24,28)(H,25,30)(H,26,29). The molecule has 1 aliphatic rings. The summed E-state index contributed by atoms with van der Waals surface area (Å²) in [5.74, 6) is -2.03. The lowest BCUT2D eigenvalue weighted by Gasteiger charge is -2.14. The summed E-state index contributed by atoms with van der Waals surface area (Å²) in [4.78, 5) is 61.7. The molecule has 0 unspecified atom stereocenters. The molecule has 166 valence electrons. The first kappa shape index (κ1) is 22.7. The Labute approximate surface area is 185 Å². The second kappa shape index (κ2) is 9.86. The number of aryl methyl sites for hydroxylation is 1. The number of amides is 5. The molecule has 32 heavy (non-hydrogen) atoms. The zero-order valence-electron chi connectivity index (χ0n) is 17.6. The lowest BCUT2D eigenvalue weighted by Crippen LogP contribution is -2.31. The molecule has 2 aromatic carbocycles. The number of hydrogen-bond acceptors (Lipinski definition) is 5. The number of nitrogens with two attached hydrogens (primary N) is 1. The van der Waals surface area contributed by atoms with Crippen molar-refractivity contribution in [2.75, 3.05) is 18.4 Å². The van der Waals surface area contributed by atoms with Gasteiger partial charge < -0.3 is 16.4 Å². The number of benzene rings is 2. The number of fused-ring (bicyclic) bond motifs is 1. The molecule has 5 amide bonds. The molecule has 2 aromatic rings. The van der Waals surface area contributed by atoms with E-state index in [2.05, 4.69) is 10.6 Å². The Balaban J connectivity index is 1.54. The number of carbonyl (C=O) groups excluding carboxylic acids is 5. The molecule has 3 rings (SSSR count). The largest absolute Gasteiger partial charge is 0.370 e. The molecule has 0 fully saturated rings. The first-order chi connectivity index (χ1) is 15.3. The third-order valence-electron chi connectivity index (χ3n) is 5.01. The molecule has 0 saturated carbocycles. The van der Waals surface area contributed by atoms with E-state index in [1.807, 2.05) is 6.92 Å². The minimum atomic E-state index is -0.528. The van der Waals surface area contributed by atoms with E-state index in [0.29, 0.717) is 16.8 Å². The summed E-state index contributed by atoms with van der Waals surface area (Å²) in [6, 6.07) is 11.6. The number of hydrogen-bond donors (Lipinski definition) is 3. The van der Waals surface area contributed by atoms with Crippen molar-refractivity contribution in [1.29, 1.82) is 0 Å². The first-order valence-electron chi connectivity index (χ1n) is 10.2. The average Bonchev–Trinajstić information content (AvgIpc) is 2.98. The van der Waals surface area contributed by atoms with Gasteiger partial charge in [0, 0.05) is 25.9 Å². The lowest BCUT2D eigenvalue weighted by atomic mass is 10.1. The molecule has 1 heterocycles. The second-order valence-electron chi connectivity index (χ2n) is 7.48. The highest BCUT2D eigenvalue weighted by Crippen LogP contribution is 2.24. The first-order valence-corrected chi connectivity index (χ1v) is 10.2. The van der Waals surface area contributed by atoms with Gasteiger partial charge in [-0.05, 0) is 37.6 Å². The van der Waals surface area contributed by atoms with Crippen molar-refractivity contribution in [2.45, 2.75) is 26.2 Å². The van der Waals surface area contributed by atoms with Gasteiger partial charge in [0.2, 0.25) is 11.8 Å². The average molecular weight is 436 g/mol. The molecule has 0 radical (unpaired) electrons. The smallest absolute Gasteiger partial charge is 0.261 e. The van der Waals surface area contributed by atoms with Crippen LogP contribution in [-0.4, -0.2) is 47.5 Å². The van der Waals surface area contributed by atoms with Gasteiger partial charge in [-0.25, -0.2) is 0 Å². The highest BCUT2D eigenvalue weighted by Gasteiger charge is 2.35. The number of carbonyl (C=O) groups is 5. The zero-order chi connectivity index (χ0) is 23.3. The van der Waals surface area contributed by atoms with Crippen LogP contribution < -0.4 is 16.4 Å². The Morgan fingerprint density at radius 3 is 2.44 bits per heavy atom. The maximum Gasteiger partial charge on any atom is 0.261 e. The minimum absolute atomic E-state index is 0.0116. The van der Waals surface area contributed by atoms with E-state index in [4.69, 9.17) is 5.73 Å². The summed E-state index contributed by atoms with van der Waals surface area (Å²) in [6.07, 6.45) is 0.352. The fraction of sp³-hybridized carbons (Fsp3) is 0.261. The van der Waals surface area contributed by atoms with Gasteiger partial charge in [0.25, 0.3) is 17.7 Å². The van der Waals surface area contributed by atoms with Gasteiger partial charge in [0.15, 0.2) is 0 Å². The molecule has 0 saturated heterocycles. The van der Waals surface area contributed by atoms with Gasteiger partial charge in [-0.2, -0.15) is 0 Å². The van der Waals surface area contributed by atoms with E-state index in [1.54, 1.807) is 42.5 Å². The highest BCUT2D eigenvalue weighted by atomic mass is 16.2. The summed E-state index contributed by atoms with van der Waals surface area (Å²) in [5, 5.41) is 5.26. The van der Waals surface area contributed by atoms with Gasteiger partial charge in [-0.1, -0.05) is 23.8 Å². The third kappa shape index (κ3) is 5.18. The normalized spacial score (nSPS) is 12.5. The fourth-order valence-corrected chi connectivity index (χ4v) is 3.40. The predicted octanol–water partition coefficient (Wildman–Crippen LogP) is 1.62. The van der Waals surface area contributed by atoms with E-state index in [9.17, 15) is 24.0 Å². The van der Waals surface area contributed by atoms with Gasteiger partial charge in [-0.15, -0.1) is 0 Å².